The number of hydrogen-bond donors (Lipinski definition) is 1. The van der Waals surface area contributed by atoms with Crippen molar-refractivity contribution in [2.75, 3.05) is 12.3 Å². The van der Waals surface area contributed by atoms with Crippen LogP contribution in [0.25, 0.3) is 0 Å². The molecule has 1 aliphatic rings. The summed E-state index contributed by atoms with van der Waals surface area (Å²) in [6.45, 7) is 3.43. The van der Waals surface area contributed by atoms with E-state index in [0.29, 0.717) is 5.37 Å². The van der Waals surface area contributed by atoms with Crippen LogP contribution >= 0.6 is 39.0 Å². The molecule has 1 aromatic rings. The zero-order valence-corrected chi connectivity index (χ0v) is 10.6. The van der Waals surface area contributed by atoms with Crippen LogP contribution in [0.2, 0.25) is 0 Å². The first-order chi connectivity index (χ1) is 6.27. The Labute approximate surface area is 95.4 Å². The number of halogens is 1. The summed E-state index contributed by atoms with van der Waals surface area (Å²) < 4.78 is 1.25. The highest BCUT2D eigenvalue weighted by atomic mass is 79.9. The van der Waals surface area contributed by atoms with Crippen molar-refractivity contribution >= 4 is 39.0 Å². The molecule has 0 spiro atoms. The lowest BCUT2D eigenvalue weighted by Crippen LogP contribution is -2.30. The highest BCUT2D eigenvalue weighted by Crippen LogP contribution is 2.38. The summed E-state index contributed by atoms with van der Waals surface area (Å²) in [5.41, 5.74) is 0. The molecule has 2 unspecified atom stereocenters. The van der Waals surface area contributed by atoms with E-state index in [2.05, 4.69) is 39.6 Å². The summed E-state index contributed by atoms with van der Waals surface area (Å²) in [4.78, 5) is 1.43. The molecule has 0 aromatic carbocycles. The maximum atomic E-state index is 3.57. The Bertz CT molecular complexity index is 279. The first kappa shape index (κ1) is 10.0. The van der Waals surface area contributed by atoms with Crippen molar-refractivity contribution in [3.05, 3.63) is 20.8 Å². The van der Waals surface area contributed by atoms with Gasteiger partial charge in [-0.2, -0.15) is 0 Å². The van der Waals surface area contributed by atoms with Gasteiger partial charge in [-0.05, 0) is 45.6 Å². The maximum absolute atomic E-state index is 3.57. The highest BCUT2D eigenvalue weighted by Gasteiger charge is 2.21. The summed E-state index contributed by atoms with van der Waals surface area (Å²) in [5, 5.41) is 6.20. The normalized spacial score (nSPS) is 29.1. The Morgan fingerprint density at radius 3 is 3.00 bits per heavy atom. The van der Waals surface area contributed by atoms with Crippen LogP contribution in [0.15, 0.2) is 15.9 Å². The summed E-state index contributed by atoms with van der Waals surface area (Å²) in [5.74, 6) is 2.07. The van der Waals surface area contributed by atoms with Gasteiger partial charge < -0.3 is 5.32 Å². The Balaban J connectivity index is 2.06. The zero-order chi connectivity index (χ0) is 9.26. The molecule has 1 N–H and O–H groups in total. The lowest BCUT2D eigenvalue weighted by molar-refractivity contribution is 0.532. The average Bonchev–Trinajstić information content (AvgIpc) is 2.53. The standard InChI is InChI=1S/C9H12BrNS2/c1-6-4-11-9(13-5-6)8-7(10)2-3-12-8/h2-3,6,9,11H,4-5H2,1H3. The lowest BCUT2D eigenvalue weighted by atomic mass is 10.2. The number of rotatable bonds is 1. The van der Waals surface area contributed by atoms with E-state index < -0.39 is 0 Å². The van der Waals surface area contributed by atoms with E-state index in [9.17, 15) is 0 Å². The van der Waals surface area contributed by atoms with Crippen LogP contribution in [-0.2, 0) is 0 Å². The maximum Gasteiger partial charge on any atom is 0.0894 e. The van der Waals surface area contributed by atoms with E-state index >= 15 is 0 Å². The number of nitrogens with one attached hydrogen (secondary N) is 1. The van der Waals surface area contributed by atoms with Gasteiger partial charge in [0, 0.05) is 9.35 Å². The molecule has 0 aliphatic carbocycles. The van der Waals surface area contributed by atoms with Crippen molar-refractivity contribution in [1.29, 1.82) is 0 Å². The molecular formula is C9H12BrNS2. The second-order valence-electron chi connectivity index (χ2n) is 3.36. The zero-order valence-electron chi connectivity index (χ0n) is 7.42. The van der Waals surface area contributed by atoms with Crippen molar-refractivity contribution < 1.29 is 0 Å². The molecule has 1 nitrogen and oxygen atoms in total. The Morgan fingerprint density at radius 2 is 2.46 bits per heavy atom. The van der Waals surface area contributed by atoms with E-state index in [-0.39, 0.29) is 0 Å². The van der Waals surface area contributed by atoms with E-state index in [1.54, 1.807) is 0 Å². The van der Waals surface area contributed by atoms with Crippen LogP contribution in [0, 0.1) is 5.92 Å². The highest BCUT2D eigenvalue weighted by molar-refractivity contribution is 9.10. The molecule has 13 heavy (non-hydrogen) atoms. The van der Waals surface area contributed by atoms with E-state index in [4.69, 9.17) is 0 Å². The van der Waals surface area contributed by atoms with Crippen molar-refractivity contribution in [3.63, 3.8) is 0 Å². The summed E-state index contributed by atoms with van der Waals surface area (Å²) >= 11 is 7.41. The molecule has 72 valence electrons. The van der Waals surface area contributed by atoms with Crippen molar-refractivity contribution in [2.24, 2.45) is 5.92 Å². The monoisotopic (exact) mass is 277 g/mol. The third kappa shape index (κ3) is 2.29. The molecule has 1 saturated heterocycles. The van der Waals surface area contributed by atoms with Gasteiger partial charge in [-0.25, -0.2) is 0 Å². The quantitative estimate of drug-likeness (QED) is 0.844. The lowest BCUT2D eigenvalue weighted by Gasteiger charge is -2.26. The van der Waals surface area contributed by atoms with Crippen LogP contribution in [-0.4, -0.2) is 12.3 Å². The van der Waals surface area contributed by atoms with Crippen LogP contribution in [0.3, 0.4) is 0 Å². The van der Waals surface area contributed by atoms with Gasteiger partial charge in [0.25, 0.3) is 0 Å². The molecule has 1 aliphatic heterocycles. The van der Waals surface area contributed by atoms with E-state index in [1.165, 1.54) is 15.1 Å². The molecule has 0 bridgehead atoms. The third-order valence-electron chi connectivity index (χ3n) is 2.08. The third-order valence-corrected chi connectivity index (χ3v) is 5.66. The largest absolute Gasteiger partial charge is 0.301 e. The fourth-order valence-corrected chi connectivity index (χ4v) is 4.56. The molecule has 0 radical (unpaired) electrons. The molecule has 4 heteroatoms. The van der Waals surface area contributed by atoms with Crippen LogP contribution in [0.1, 0.15) is 17.2 Å². The van der Waals surface area contributed by atoms with E-state index in [1.807, 2.05) is 23.1 Å². The number of thiophene rings is 1. The molecule has 0 saturated carbocycles. The molecule has 1 fully saturated rings. The molecule has 2 atom stereocenters. The second kappa shape index (κ2) is 4.34. The fraction of sp³-hybridized carbons (Fsp3) is 0.556. The van der Waals surface area contributed by atoms with Crippen molar-refractivity contribution in [3.8, 4) is 0 Å². The van der Waals surface area contributed by atoms with Gasteiger partial charge in [0.1, 0.15) is 0 Å². The Morgan fingerprint density at radius 1 is 1.62 bits per heavy atom. The minimum atomic E-state index is 0.505. The van der Waals surface area contributed by atoms with Gasteiger partial charge in [-0.3, -0.25) is 0 Å². The van der Waals surface area contributed by atoms with Crippen LogP contribution in [0.5, 0.6) is 0 Å². The molecule has 0 amide bonds. The summed E-state index contributed by atoms with van der Waals surface area (Å²) in [7, 11) is 0. The second-order valence-corrected chi connectivity index (χ2v) is 6.30. The first-order valence-electron chi connectivity index (χ1n) is 4.35. The fourth-order valence-electron chi connectivity index (χ4n) is 1.35. The average molecular weight is 278 g/mol. The molecular weight excluding hydrogens is 266 g/mol. The molecule has 2 heterocycles. The predicted molar refractivity (Wildman–Crippen MR) is 64.4 cm³/mol. The minimum Gasteiger partial charge on any atom is -0.301 e. The van der Waals surface area contributed by atoms with Crippen molar-refractivity contribution in [2.45, 2.75) is 12.3 Å². The molecule has 2 rings (SSSR count). The Kier molecular flexibility index (Phi) is 3.35. The SMILES string of the molecule is CC1CNC(c2sccc2Br)SC1. The predicted octanol–water partition coefficient (Wildman–Crippen LogP) is 3.48. The summed E-state index contributed by atoms with van der Waals surface area (Å²) in [6.07, 6.45) is 0. The first-order valence-corrected chi connectivity index (χ1v) is 7.07. The summed E-state index contributed by atoms with van der Waals surface area (Å²) in [6, 6.07) is 2.13. The van der Waals surface area contributed by atoms with E-state index in [0.717, 1.165) is 12.5 Å². The van der Waals surface area contributed by atoms with Gasteiger partial charge in [0.2, 0.25) is 0 Å². The van der Waals surface area contributed by atoms with Gasteiger partial charge in [0.15, 0.2) is 0 Å². The van der Waals surface area contributed by atoms with Crippen molar-refractivity contribution in [1.82, 2.24) is 5.32 Å². The smallest absolute Gasteiger partial charge is 0.0894 e. The topological polar surface area (TPSA) is 12.0 Å². The van der Waals surface area contributed by atoms with Crippen LogP contribution in [0.4, 0.5) is 0 Å². The van der Waals surface area contributed by atoms with Gasteiger partial charge in [-0.1, -0.05) is 6.92 Å². The Hall–Kier alpha value is 0.490. The van der Waals surface area contributed by atoms with Gasteiger partial charge in [0.05, 0.1) is 5.37 Å². The van der Waals surface area contributed by atoms with Crippen LogP contribution < -0.4 is 5.32 Å². The van der Waals surface area contributed by atoms with Gasteiger partial charge in [-0.15, -0.1) is 23.1 Å². The molecule has 1 aromatic heterocycles. The minimum absolute atomic E-state index is 0.505. The number of hydrogen-bond acceptors (Lipinski definition) is 3. The number of thioether (sulfide) groups is 1. The van der Waals surface area contributed by atoms with Gasteiger partial charge >= 0.3 is 0 Å².